The van der Waals surface area contributed by atoms with Crippen molar-refractivity contribution in [2.45, 2.75) is 26.3 Å². The lowest BCUT2D eigenvalue weighted by atomic mass is 9.84. The van der Waals surface area contributed by atoms with Crippen LogP contribution in [0.15, 0.2) is 58.4 Å². The second-order valence-electron chi connectivity index (χ2n) is 8.01. The normalized spacial score (nSPS) is 16.8. The van der Waals surface area contributed by atoms with Crippen LogP contribution < -0.4 is 0 Å². The van der Waals surface area contributed by atoms with Gasteiger partial charge >= 0.3 is 11.9 Å². The average molecular weight is 447 g/mol. The molecule has 4 aromatic rings. The number of oxime groups is 1. The van der Waals surface area contributed by atoms with Crippen LogP contribution >= 0.6 is 0 Å². The smallest absolute Gasteiger partial charge is 0.393 e. The van der Waals surface area contributed by atoms with Gasteiger partial charge in [-0.15, -0.1) is 0 Å². The molecule has 33 heavy (non-hydrogen) atoms. The molecular formula is C23H21N5O5. The summed E-state index contributed by atoms with van der Waals surface area (Å²) in [6.45, 7) is 2.57. The predicted octanol–water partition coefficient (Wildman–Crippen LogP) is 4.01. The maximum atomic E-state index is 12.5. The highest BCUT2D eigenvalue weighted by Crippen LogP contribution is 2.35. The minimum absolute atomic E-state index is 0.0186. The summed E-state index contributed by atoms with van der Waals surface area (Å²) in [7, 11) is 2.02. The van der Waals surface area contributed by atoms with Gasteiger partial charge in [-0.25, -0.2) is 9.78 Å². The maximum Gasteiger partial charge on any atom is 0.433 e. The summed E-state index contributed by atoms with van der Waals surface area (Å²) in [5.41, 5.74) is 3.82. The van der Waals surface area contributed by atoms with Gasteiger partial charge in [-0.1, -0.05) is 23.4 Å². The molecule has 0 amide bonds. The number of nitrogens with zero attached hydrogens (tertiary/aromatic N) is 5. The van der Waals surface area contributed by atoms with E-state index in [1.165, 1.54) is 6.07 Å². The van der Waals surface area contributed by atoms with Gasteiger partial charge in [0.15, 0.2) is 0 Å². The monoisotopic (exact) mass is 447 g/mol. The fraction of sp³-hybridized carbons (Fsp3) is 0.261. The summed E-state index contributed by atoms with van der Waals surface area (Å²) in [5.74, 6) is -0.826. The van der Waals surface area contributed by atoms with E-state index >= 15 is 0 Å². The van der Waals surface area contributed by atoms with E-state index in [1.807, 2.05) is 49.0 Å². The maximum absolute atomic E-state index is 12.5. The summed E-state index contributed by atoms with van der Waals surface area (Å²) in [4.78, 5) is 32.2. The first kappa shape index (κ1) is 20.7. The highest BCUT2D eigenvalue weighted by Gasteiger charge is 2.32. The quantitative estimate of drug-likeness (QED) is 0.259. The molecule has 3 aromatic heterocycles. The van der Waals surface area contributed by atoms with E-state index in [0.29, 0.717) is 12.3 Å². The Kier molecular flexibility index (Phi) is 5.04. The third kappa shape index (κ3) is 3.59. The van der Waals surface area contributed by atoms with E-state index in [9.17, 15) is 14.9 Å². The fourth-order valence-electron chi connectivity index (χ4n) is 4.48. The SMILES string of the molecule is Cc1nccn1CC1CCc2c(c3ccccc3n2C)/C1=N/OC(=O)c1ccc([N+](=O)[O-])o1. The first-order valence-electron chi connectivity index (χ1n) is 10.5. The molecule has 1 aliphatic carbocycles. The molecule has 0 bridgehead atoms. The van der Waals surface area contributed by atoms with Gasteiger partial charge in [-0.3, -0.25) is 10.1 Å². The summed E-state index contributed by atoms with van der Waals surface area (Å²) < 4.78 is 9.16. The van der Waals surface area contributed by atoms with Crippen LogP contribution in [0.2, 0.25) is 0 Å². The number of imidazole rings is 1. The minimum Gasteiger partial charge on any atom is -0.393 e. The molecular weight excluding hydrogens is 426 g/mol. The van der Waals surface area contributed by atoms with Gasteiger partial charge in [0.25, 0.3) is 0 Å². The van der Waals surface area contributed by atoms with Gasteiger partial charge in [0.2, 0.25) is 5.76 Å². The summed E-state index contributed by atoms with van der Waals surface area (Å²) >= 11 is 0. The molecule has 0 fully saturated rings. The fourth-order valence-corrected chi connectivity index (χ4v) is 4.48. The molecule has 1 aliphatic rings. The Morgan fingerprint density at radius 1 is 1.33 bits per heavy atom. The predicted molar refractivity (Wildman–Crippen MR) is 119 cm³/mol. The number of fused-ring (bicyclic) bond motifs is 3. The van der Waals surface area contributed by atoms with Crippen molar-refractivity contribution >= 4 is 28.5 Å². The Balaban J connectivity index is 1.55. The number of rotatable bonds is 5. The van der Waals surface area contributed by atoms with Crippen molar-refractivity contribution in [3.8, 4) is 0 Å². The first-order valence-corrected chi connectivity index (χ1v) is 10.5. The number of furan rings is 1. The summed E-state index contributed by atoms with van der Waals surface area (Å²) in [5, 5.41) is 16.2. The van der Waals surface area contributed by atoms with Crippen LogP contribution in [0.25, 0.3) is 10.9 Å². The molecule has 0 saturated carbocycles. The van der Waals surface area contributed by atoms with Crippen LogP contribution in [0.4, 0.5) is 5.88 Å². The number of nitro groups is 1. The Hall–Kier alpha value is -4.21. The van der Waals surface area contributed by atoms with Crippen molar-refractivity contribution in [3.05, 3.63) is 81.7 Å². The van der Waals surface area contributed by atoms with E-state index in [1.54, 1.807) is 6.20 Å². The summed E-state index contributed by atoms with van der Waals surface area (Å²) in [6, 6.07) is 10.4. The van der Waals surface area contributed by atoms with Crippen molar-refractivity contribution in [3.63, 3.8) is 0 Å². The van der Waals surface area contributed by atoms with Crippen molar-refractivity contribution < 1.29 is 19.0 Å². The average Bonchev–Trinajstić information content (AvgIpc) is 3.52. The van der Waals surface area contributed by atoms with Crippen LogP contribution in [0.1, 0.15) is 34.1 Å². The molecule has 0 N–H and O–H groups in total. The van der Waals surface area contributed by atoms with E-state index in [4.69, 9.17) is 9.25 Å². The van der Waals surface area contributed by atoms with Gasteiger partial charge in [0.1, 0.15) is 10.7 Å². The lowest BCUT2D eigenvalue weighted by Gasteiger charge is -2.25. The molecule has 0 aliphatic heterocycles. The van der Waals surface area contributed by atoms with Gasteiger partial charge in [0.05, 0.1) is 11.8 Å². The highest BCUT2D eigenvalue weighted by molar-refractivity contribution is 6.14. The van der Waals surface area contributed by atoms with E-state index in [0.717, 1.165) is 46.9 Å². The molecule has 1 aromatic carbocycles. The van der Waals surface area contributed by atoms with Crippen LogP contribution in [0, 0.1) is 23.0 Å². The number of carbonyl (C=O) groups excluding carboxylic acids is 1. The number of hydrogen-bond donors (Lipinski definition) is 0. The van der Waals surface area contributed by atoms with Crippen LogP contribution in [-0.2, 0) is 24.9 Å². The van der Waals surface area contributed by atoms with Crippen molar-refractivity contribution in [1.82, 2.24) is 14.1 Å². The second-order valence-corrected chi connectivity index (χ2v) is 8.01. The van der Waals surface area contributed by atoms with Crippen LogP contribution in [0.5, 0.6) is 0 Å². The van der Waals surface area contributed by atoms with E-state index in [2.05, 4.69) is 14.7 Å². The molecule has 1 unspecified atom stereocenters. The molecule has 0 saturated heterocycles. The van der Waals surface area contributed by atoms with Gasteiger partial charge in [0, 0.05) is 54.1 Å². The standard InChI is InChI=1S/C23H21N5O5/c1-14-24-11-12-27(14)13-15-7-8-18-21(16-5-3-4-6-17(16)26(18)2)22(15)25-33-23(29)19-9-10-20(32-19)28(30)31/h3-6,9-12,15H,7-8,13H2,1-2H3/b25-22+. The zero-order valence-corrected chi connectivity index (χ0v) is 18.1. The Labute approximate surface area is 188 Å². The lowest BCUT2D eigenvalue weighted by molar-refractivity contribution is -0.402. The molecule has 0 radical (unpaired) electrons. The number of carbonyl (C=O) groups is 1. The third-order valence-corrected chi connectivity index (χ3v) is 6.14. The highest BCUT2D eigenvalue weighted by atomic mass is 16.7. The van der Waals surface area contributed by atoms with Gasteiger partial charge < -0.3 is 18.4 Å². The van der Waals surface area contributed by atoms with E-state index in [-0.39, 0.29) is 11.7 Å². The zero-order chi connectivity index (χ0) is 23.1. The molecule has 3 heterocycles. The first-order chi connectivity index (χ1) is 15.9. The van der Waals surface area contributed by atoms with Crippen LogP contribution in [-0.4, -0.2) is 30.7 Å². The molecule has 168 valence electrons. The minimum atomic E-state index is -0.888. The molecule has 10 heteroatoms. The Morgan fingerprint density at radius 3 is 2.88 bits per heavy atom. The Morgan fingerprint density at radius 2 is 2.15 bits per heavy atom. The molecule has 5 rings (SSSR count). The topological polar surface area (TPSA) is 118 Å². The van der Waals surface area contributed by atoms with Gasteiger partial charge in [-0.2, -0.15) is 0 Å². The Bertz CT molecular complexity index is 1410. The second kappa shape index (κ2) is 8.05. The lowest BCUT2D eigenvalue weighted by Crippen LogP contribution is -2.28. The van der Waals surface area contributed by atoms with Crippen LogP contribution in [0.3, 0.4) is 0 Å². The number of benzene rings is 1. The number of aromatic nitrogens is 3. The molecule has 0 spiro atoms. The van der Waals surface area contributed by atoms with E-state index < -0.39 is 16.8 Å². The number of para-hydroxylation sites is 1. The zero-order valence-electron chi connectivity index (χ0n) is 18.1. The number of hydrogen-bond acceptors (Lipinski definition) is 7. The van der Waals surface area contributed by atoms with Crippen molar-refractivity contribution in [2.24, 2.45) is 18.1 Å². The van der Waals surface area contributed by atoms with Crippen molar-refractivity contribution in [2.75, 3.05) is 0 Å². The number of aryl methyl sites for hydroxylation is 2. The molecule has 1 atom stereocenters. The van der Waals surface area contributed by atoms with Gasteiger partial charge in [-0.05, 0) is 31.9 Å². The third-order valence-electron chi connectivity index (χ3n) is 6.14. The summed E-state index contributed by atoms with van der Waals surface area (Å²) in [6.07, 6.45) is 5.34. The largest absolute Gasteiger partial charge is 0.433 e. The van der Waals surface area contributed by atoms with Crippen molar-refractivity contribution in [1.29, 1.82) is 0 Å². The molecule has 10 nitrogen and oxygen atoms in total.